The first-order valence-corrected chi connectivity index (χ1v) is 4.34. The minimum Gasteiger partial charge on any atom is -0.464 e. The Morgan fingerprint density at radius 3 is 2.07 bits per heavy atom. The van der Waals surface area contributed by atoms with Gasteiger partial charge in [0.1, 0.15) is 0 Å². The minimum atomic E-state index is -1.54. The fraction of sp³-hybridized carbons (Fsp3) is 0. The van der Waals surface area contributed by atoms with Crippen LogP contribution in [-0.4, -0.2) is 22.4 Å². The fourth-order valence-electron chi connectivity index (χ4n) is 0.921. The third kappa shape index (κ3) is 2.02. The van der Waals surface area contributed by atoms with Gasteiger partial charge in [-0.25, -0.2) is 9.59 Å². The van der Waals surface area contributed by atoms with E-state index in [4.69, 9.17) is 10.2 Å². The van der Waals surface area contributed by atoms with Crippen LogP contribution in [0, 0.1) is 0 Å². The molecule has 14 heavy (non-hydrogen) atoms. The highest BCUT2D eigenvalue weighted by molar-refractivity contribution is 9.10. The number of carboxylic acid groups (broad SMARTS) is 2. The Morgan fingerprint density at radius 1 is 1.14 bits per heavy atom. The van der Waals surface area contributed by atoms with Gasteiger partial charge in [-0.15, -0.1) is 0 Å². The molecule has 1 aromatic carbocycles. The molecule has 0 aliphatic heterocycles. The predicted molar refractivity (Wildman–Crippen MR) is 52.7 cm³/mol. The zero-order valence-electron chi connectivity index (χ0n) is 6.85. The van der Waals surface area contributed by atoms with E-state index in [2.05, 4.69) is 15.9 Å². The number of hydrogen-bond acceptors (Lipinski definition) is 2. The molecule has 0 unspecified atom stereocenters. The first-order chi connectivity index (χ1) is 6.54. The zero-order valence-corrected chi connectivity index (χ0v) is 8.43. The van der Waals surface area contributed by atoms with Crippen molar-refractivity contribution in [2.24, 2.45) is 0 Å². The van der Waals surface area contributed by atoms with Crippen LogP contribution in [0.15, 0.2) is 28.7 Å². The van der Waals surface area contributed by atoms with E-state index in [-0.39, 0.29) is 10.6 Å². The molecule has 74 valence electrons. The molecule has 2 N–H and O–H groups in total. The Hall–Kier alpha value is -1.56. The highest BCUT2D eigenvalue weighted by atomic mass is 79.9. The zero-order chi connectivity index (χ0) is 10.7. The SMILES string of the molecule is O=C(O)N(C(=O)O)c1ccccc1Br. The van der Waals surface area contributed by atoms with Crippen LogP contribution in [0.25, 0.3) is 0 Å². The molecule has 5 nitrogen and oxygen atoms in total. The average molecular weight is 260 g/mol. The van der Waals surface area contributed by atoms with Gasteiger partial charge in [-0.05, 0) is 28.1 Å². The van der Waals surface area contributed by atoms with Gasteiger partial charge < -0.3 is 10.2 Å². The Labute approximate surface area is 87.7 Å². The molecule has 0 aromatic heterocycles. The van der Waals surface area contributed by atoms with Crippen molar-refractivity contribution in [3.8, 4) is 0 Å². The van der Waals surface area contributed by atoms with Crippen LogP contribution in [0.3, 0.4) is 0 Å². The third-order valence-electron chi connectivity index (χ3n) is 1.48. The van der Waals surface area contributed by atoms with Crippen LogP contribution in [0.2, 0.25) is 0 Å². The second-order valence-electron chi connectivity index (χ2n) is 2.35. The van der Waals surface area contributed by atoms with Crippen LogP contribution in [0.1, 0.15) is 0 Å². The summed E-state index contributed by atoms with van der Waals surface area (Å²) in [5.74, 6) is 0. The van der Waals surface area contributed by atoms with Crippen molar-refractivity contribution in [3.05, 3.63) is 28.7 Å². The van der Waals surface area contributed by atoms with Gasteiger partial charge in [-0.2, -0.15) is 4.90 Å². The molecule has 2 amide bonds. The molecule has 6 heteroatoms. The van der Waals surface area contributed by atoms with Gasteiger partial charge in [-0.1, -0.05) is 12.1 Å². The first kappa shape index (κ1) is 10.5. The number of carbonyl (C=O) groups is 2. The molecule has 0 bridgehead atoms. The van der Waals surface area contributed by atoms with E-state index in [1.165, 1.54) is 6.07 Å². The van der Waals surface area contributed by atoms with Crippen molar-refractivity contribution < 1.29 is 19.8 Å². The van der Waals surface area contributed by atoms with Crippen molar-refractivity contribution in [3.63, 3.8) is 0 Å². The van der Waals surface area contributed by atoms with Crippen LogP contribution in [0.4, 0.5) is 15.3 Å². The Morgan fingerprint density at radius 2 is 1.64 bits per heavy atom. The number of benzene rings is 1. The Bertz CT molecular complexity index is 365. The van der Waals surface area contributed by atoms with E-state index in [0.29, 0.717) is 4.47 Å². The van der Waals surface area contributed by atoms with Gasteiger partial charge in [0.05, 0.1) is 5.69 Å². The molecule has 0 aliphatic carbocycles. The van der Waals surface area contributed by atoms with Gasteiger partial charge in [0.15, 0.2) is 0 Å². The lowest BCUT2D eigenvalue weighted by Gasteiger charge is -2.14. The van der Waals surface area contributed by atoms with Crippen LogP contribution >= 0.6 is 15.9 Å². The standard InChI is InChI=1S/C8H6BrNO4/c9-5-3-1-2-4-6(5)10(7(11)12)8(13)14/h1-4H,(H,11,12)(H,13,14). The van der Waals surface area contributed by atoms with Crippen LogP contribution in [0.5, 0.6) is 0 Å². The molecular weight excluding hydrogens is 254 g/mol. The lowest BCUT2D eigenvalue weighted by molar-refractivity contribution is 0.184. The number of amides is 2. The molecule has 1 rings (SSSR count). The summed E-state index contributed by atoms with van der Waals surface area (Å²) in [6, 6.07) is 6.18. The molecular formula is C8H6BrNO4. The Balaban J connectivity index is 3.18. The summed E-state index contributed by atoms with van der Waals surface area (Å²) in [5.41, 5.74) is 0.0764. The van der Waals surface area contributed by atoms with E-state index in [1.54, 1.807) is 18.2 Å². The van der Waals surface area contributed by atoms with E-state index in [1.807, 2.05) is 0 Å². The number of hydrogen-bond donors (Lipinski definition) is 2. The van der Waals surface area contributed by atoms with E-state index >= 15 is 0 Å². The molecule has 0 fully saturated rings. The van der Waals surface area contributed by atoms with Gasteiger partial charge in [0, 0.05) is 4.47 Å². The molecule has 0 saturated heterocycles. The number of anilines is 1. The lowest BCUT2D eigenvalue weighted by Crippen LogP contribution is -2.34. The monoisotopic (exact) mass is 259 g/mol. The van der Waals surface area contributed by atoms with Crippen molar-refractivity contribution in [1.82, 2.24) is 0 Å². The highest BCUT2D eigenvalue weighted by Crippen LogP contribution is 2.25. The van der Waals surface area contributed by atoms with Crippen LogP contribution < -0.4 is 4.90 Å². The summed E-state index contributed by atoms with van der Waals surface area (Å²) in [6.07, 6.45) is -3.08. The average Bonchev–Trinajstić information content (AvgIpc) is 2.07. The van der Waals surface area contributed by atoms with E-state index in [0.717, 1.165) is 0 Å². The molecule has 0 atom stereocenters. The van der Waals surface area contributed by atoms with Crippen molar-refractivity contribution in [2.75, 3.05) is 4.90 Å². The van der Waals surface area contributed by atoms with Gasteiger partial charge in [0.25, 0.3) is 0 Å². The number of rotatable bonds is 1. The lowest BCUT2D eigenvalue weighted by atomic mass is 10.3. The minimum absolute atomic E-state index is 0.0764. The molecule has 0 spiro atoms. The second-order valence-corrected chi connectivity index (χ2v) is 3.21. The van der Waals surface area contributed by atoms with Crippen molar-refractivity contribution >= 4 is 33.8 Å². The number of para-hydroxylation sites is 1. The topological polar surface area (TPSA) is 77.8 Å². The summed E-state index contributed by atoms with van der Waals surface area (Å²) in [4.78, 5) is 21.5. The fourth-order valence-corrected chi connectivity index (χ4v) is 1.38. The second kappa shape index (κ2) is 4.10. The maximum atomic E-state index is 10.6. The summed E-state index contributed by atoms with van der Waals surface area (Å²) in [7, 11) is 0. The Kier molecular flexibility index (Phi) is 3.08. The summed E-state index contributed by atoms with van der Waals surface area (Å²) in [6.45, 7) is 0. The largest absolute Gasteiger partial charge is 0.464 e. The molecule has 0 aliphatic rings. The smallest absolute Gasteiger partial charge is 0.421 e. The van der Waals surface area contributed by atoms with Gasteiger partial charge >= 0.3 is 12.2 Å². The normalized spacial score (nSPS) is 9.50. The maximum Gasteiger partial charge on any atom is 0.421 e. The van der Waals surface area contributed by atoms with E-state index in [9.17, 15) is 9.59 Å². The molecule has 0 radical (unpaired) electrons. The van der Waals surface area contributed by atoms with Crippen LogP contribution in [-0.2, 0) is 0 Å². The predicted octanol–water partition coefficient (Wildman–Crippen LogP) is 2.61. The number of imide groups is 1. The van der Waals surface area contributed by atoms with E-state index < -0.39 is 12.2 Å². The van der Waals surface area contributed by atoms with Gasteiger partial charge in [-0.3, -0.25) is 0 Å². The summed E-state index contributed by atoms with van der Waals surface area (Å²) < 4.78 is 0.407. The highest BCUT2D eigenvalue weighted by Gasteiger charge is 2.23. The molecule has 0 heterocycles. The van der Waals surface area contributed by atoms with Crippen molar-refractivity contribution in [1.29, 1.82) is 0 Å². The molecule has 0 saturated carbocycles. The maximum absolute atomic E-state index is 10.6. The quantitative estimate of drug-likeness (QED) is 0.813. The third-order valence-corrected chi connectivity index (χ3v) is 2.15. The number of nitrogens with zero attached hydrogens (tertiary/aromatic N) is 1. The number of halogens is 1. The molecule has 1 aromatic rings. The van der Waals surface area contributed by atoms with Gasteiger partial charge in [0.2, 0.25) is 0 Å². The summed E-state index contributed by atoms with van der Waals surface area (Å²) >= 11 is 3.07. The van der Waals surface area contributed by atoms with Crippen molar-refractivity contribution in [2.45, 2.75) is 0 Å². The summed E-state index contributed by atoms with van der Waals surface area (Å²) in [5, 5.41) is 17.3. The first-order valence-electron chi connectivity index (χ1n) is 3.54.